The van der Waals surface area contributed by atoms with Gasteiger partial charge in [0, 0.05) is 11.4 Å². The summed E-state index contributed by atoms with van der Waals surface area (Å²) in [6.45, 7) is 5.58. The van der Waals surface area contributed by atoms with Gasteiger partial charge in [-0.2, -0.15) is 0 Å². The first-order valence-electron chi connectivity index (χ1n) is 5.11. The van der Waals surface area contributed by atoms with Crippen LogP contribution in [0.25, 0.3) is 0 Å². The lowest BCUT2D eigenvalue weighted by Gasteiger charge is -2.20. The third kappa shape index (κ3) is 3.96. The highest BCUT2D eigenvalue weighted by molar-refractivity contribution is 9.09. The molecule has 0 saturated heterocycles. The van der Waals surface area contributed by atoms with Gasteiger partial charge in [-0.25, -0.2) is 0 Å². The van der Waals surface area contributed by atoms with Crippen molar-refractivity contribution in [3.05, 3.63) is 0 Å². The highest BCUT2D eigenvalue weighted by Crippen LogP contribution is 2.28. The summed E-state index contributed by atoms with van der Waals surface area (Å²) >= 11 is 3.64. The molecular weight excluding hydrogens is 232 g/mol. The van der Waals surface area contributed by atoms with Gasteiger partial charge in [-0.1, -0.05) is 15.9 Å². The maximum Gasteiger partial charge on any atom is 0.0784 e. The van der Waals surface area contributed by atoms with E-state index in [2.05, 4.69) is 22.9 Å². The van der Waals surface area contributed by atoms with Gasteiger partial charge >= 0.3 is 0 Å². The van der Waals surface area contributed by atoms with Crippen LogP contribution < -0.4 is 0 Å². The molecule has 1 saturated carbocycles. The van der Waals surface area contributed by atoms with Crippen LogP contribution in [0.5, 0.6) is 0 Å². The minimum absolute atomic E-state index is 0.225. The minimum atomic E-state index is 0.225. The molecule has 0 aliphatic heterocycles. The Bertz CT molecular complexity index is 141. The Hall–Kier alpha value is 0.400. The molecule has 0 heterocycles. The third-order valence-corrected chi connectivity index (χ3v) is 3.38. The largest absolute Gasteiger partial charge is 0.379 e. The lowest BCUT2D eigenvalue weighted by Crippen LogP contribution is -2.26. The molecule has 0 aromatic carbocycles. The van der Waals surface area contributed by atoms with E-state index in [9.17, 15) is 0 Å². The maximum atomic E-state index is 5.85. The van der Waals surface area contributed by atoms with Gasteiger partial charge in [0.15, 0.2) is 0 Å². The van der Waals surface area contributed by atoms with Crippen molar-refractivity contribution in [2.24, 2.45) is 0 Å². The van der Waals surface area contributed by atoms with Crippen molar-refractivity contribution in [3.8, 4) is 0 Å². The molecule has 0 amide bonds. The summed E-state index contributed by atoms with van der Waals surface area (Å²) in [5, 5.41) is 0. The Balaban J connectivity index is 2.15. The van der Waals surface area contributed by atoms with Crippen molar-refractivity contribution in [3.63, 3.8) is 0 Å². The van der Waals surface area contributed by atoms with Gasteiger partial charge in [0.1, 0.15) is 0 Å². The van der Waals surface area contributed by atoms with E-state index in [1.54, 1.807) is 0 Å². The zero-order chi connectivity index (χ0) is 9.68. The van der Waals surface area contributed by atoms with E-state index in [0.29, 0.717) is 17.5 Å². The second kappa shape index (κ2) is 5.99. The minimum Gasteiger partial charge on any atom is -0.379 e. The van der Waals surface area contributed by atoms with Gasteiger partial charge in [0.25, 0.3) is 0 Å². The summed E-state index contributed by atoms with van der Waals surface area (Å²) in [5.41, 5.74) is 0. The normalized spacial score (nSPS) is 30.7. The van der Waals surface area contributed by atoms with Crippen molar-refractivity contribution in [2.45, 2.75) is 50.1 Å². The van der Waals surface area contributed by atoms with Crippen molar-refractivity contribution >= 4 is 15.9 Å². The number of hydrogen-bond donors (Lipinski definition) is 0. The average Bonchev–Trinajstić information content (AvgIpc) is 2.48. The summed E-state index contributed by atoms with van der Waals surface area (Å²) in [4.78, 5) is 0.552. The molecule has 0 aromatic rings. The van der Waals surface area contributed by atoms with E-state index in [1.165, 1.54) is 19.3 Å². The maximum absolute atomic E-state index is 5.85. The first-order valence-corrected chi connectivity index (χ1v) is 6.03. The molecule has 3 atom stereocenters. The molecule has 0 bridgehead atoms. The van der Waals surface area contributed by atoms with E-state index >= 15 is 0 Å². The number of halogens is 1. The first-order chi connectivity index (χ1) is 6.24. The topological polar surface area (TPSA) is 18.5 Å². The van der Waals surface area contributed by atoms with E-state index in [0.717, 1.165) is 6.61 Å². The highest BCUT2D eigenvalue weighted by Gasteiger charge is 2.26. The van der Waals surface area contributed by atoms with Crippen LogP contribution >= 0.6 is 15.9 Å². The van der Waals surface area contributed by atoms with E-state index < -0.39 is 0 Å². The summed E-state index contributed by atoms with van der Waals surface area (Å²) in [6, 6.07) is 0. The fourth-order valence-corrected chi connectivity index (χ4v) is 2.37. The second-order valence-corrected chi connectivity index (χ2v) is 4.77. The summed E-state index contributed by atoms with van der Waals surface area (Å²) in [6.07, 6.45) is 4.33. The Morgan fingerprint density at radius 3 is 2.77 bits per heavy atom. The van der Waals surface area contributed by atoms with Crippen LogP contribution in [0.1, 0.15) is 33.1 Å². The molecule has 1 aliphatic carbocycles. The molecule has 2 nitrogen and oxygen atoms in total. The molecular formula is C10H19BrO2. The monoisotopic (exact) mass is 250 g/mol. The predicted octanol–water partition coefficient (Wildman–Crippen LogP) is 2.74. The second-order valence-electron chi connectivity index (χ2n) is 3.59. The van der Waals surface area contributed by atoms with Crippen LogP contribution in [0.2, 0.25) is 0 Å². The zero-order valence-corrected chi connectivity index (χ0v) is 10.0. The van der Waals surface area contributed by atoms with Crippen LogP contribution in [0.3, 0.4) is 0 Å². The van der Waals surface area contributed by atoms with E-state index in [-0.39, 0.29) is 6.10 Å². The quantitative estimate of drug-likeness (QED) is 0.699. The Labute approximate surface area is 89.1 Å². The van der Waals surface area contributed by atoms with Crippen molar-refractivity contribution < 1.29 is 9.47 Å². The molecule has 78 valence electrons. The number of ether oxygens (including phenoxy) is 2. The lowest BCUT2D eigenvalue weighted by atomic mass is 10.3. The molecule has 1 fully saturated rings. The Morgan fingerprint density at radius 1 is 1.46 bits per heavy atom. The van der Waals surface area contributed by atoms with Gasteiger partial charge in [-0.05, 0) is 33.1 Å². The Morgan fingerprint density at radius 2 is 2.23 bits per heavy atom. The van der Waals surface area contributed by atoms with Gasteiger partial charge in [0.2, 0.25) is 0 Å². The summed E-state index contributed by atoms with van der Waals surface area (Å²) in [7, 11) is 0. The fraction of sp³-hybridized carbons (Fsp3) is 1.00. The van der Waals surface area contributed by atoms with E-state index in [4.69, 9.17) is 9.47 Å². The molecule has 0 aromatic heterocycles. The smallest absolute Gasteiger partial charge is 0.0784 e. The number of rotatable bonds is 5. The molecule has 0 spiro atoms. The summed E-state index contributed by atoms with van der Waals surface area (Å²) in [5.74, 6) is 0. The molecule has 0 N–H and O–H groups in total. The Kier molecular flexibility index (Phi) is 5.29. The number of alkyl halides is 1. The fourth-order valence-electron chi connectivity index (χ4n) is 1.66. The first kappa shape index (κ1) is 11.5. The van der Waals surface area contributed by atoms with Gasteiger partial charge < -0.3 is 9.47 Å². The van der Waals surface area contributed by atoms with Crippen LogP contribution in [-0.2, 0) is 9.47 Å². The van der Waals surface area contributed by atoms with Crippen LogP contribution in [-0.4, -0.2) is 30.2 Å². The molecule has 3 unspecified atom stereocenters. The number of hydrogen-bond acceptors (Lipinski definition) is 2. The van der Waals surface area contributed by atoms with Crippen LogP contribution in [0, 0.1) is 0 Å². The molecule has 1 aliphatic rings. The lowest BCUT2D eigenvalue weighted by molar-refractivity contribution is -0.0407. The molecule has 13 heavy (non-hydrogen) atoms. The van der Waals surface area contributed by atoms with Gasteiger partial charge in [-0.3, -0.25) is 0 Å². The van der Waals surface area contributed by atoms with Crippen LogP contribution in [0.4, 0.5) is 0 Å². The molecule has 0 radical (unpaired) electrons. The van der Waals surface area contributed by atoms with Crippen molar-refractivity contribution in [2.75, 3.05) is 13.2 Å². The zero-order valence-electron chi connectivity index (χ0n) is 8.46. The highest BCUT2D eigenvalue weighted by atomic mass is 79.9. The van der Waals surface area contributed by atoms with Crippen LogP contribution in [0.15, 0.2) is 0 Å². The SMILES string of the molecule is CCOCC(C)OC1CCCC1Br. The third-order valence-electron chi connectivity index (χ3n) is 2.34. The van der Waals surface area contributed by atoms with Gasteiger partial charge in [-0.15, -0.1) is 0 Å². The predicted molar refractivity (Wildman–Crippen MR) is 57.4 cm³/mol. The molecule has 1 rings (SSSR count). The molecule has 3 heteroatoms. The van der Waals surface area contributed by atoms with E-state index in [1.807, 2.05) is 6.92 Å². The van der Waals surface area contributed by atoms with Crippen molar-refractivity contribution in [1.82, 2.24) is 0 Å². The van der Waals surface area contributed by atoms with Crippen molar-refractivity contribution in [1.29, 1.82) is 0 Å². The average molecular weight is 251 g/mol. The van der Waals surface area contributed by atoms with Gasteiger partial charge in [0.05, 0.1) is 18.8 Å². The summed E-state index contributed by atoms with van der Waals surface area (Å²) < 4.78 is 11.2. The standard InChI is InChI=1S/C10H19BrO2/c1-3-12-7-8(2)13-10-6-4-5-9(10)11/h8-10H,3-7H2,1-2H3.